The number of nitrogens with one attached hydrogen (secondary N) is 1. The van der Waals surface area contributed by atoms with E-state index in [2.05, 4.69) is 0 Å². The largest absolute Gasteiger partial charge is 0.456 e. The Labute approximate surface area is 160 Å². The van der Waals surface area contributed by atoms with E-state index in [-0.39, 0.29) is 24.7 Å². The number of anilines is 1. The molecule has 1 aliphatic heterocycles. The van der Waals surface area contributed by atoms with Gasteiger partial charge in [0.2, 0.25) is 11.8 Å². The van der Waals surface area contributed by atoms with Crippen LogP contribution in [0, 0.1) is 11.6 Å². The molecule has 1 N–H and O–H groups in total. The number of carbonyl (C=O) groups is 4. The zero-order chi connectivity index (χ0) is 20.7. The molecule has 1 heterocycles. The van der Waals surface area contributed by atoms with Gasteiger partial charge in [-0.15, -0.1) is 0 Å². The number of carbonyl (C=O) groups excluding carboxylic acids is 4. The van der Waals surface area contributed by atoms with Crippen molar-refractivity contribution >= 4 is 29.4 Å². The molecule has 0 unspecified atom stereocenters. The number of hydrogen-bond acceptors (Lipinski definition) is 5. The predicted octanol–water partition coefficient (Wildman–Crippen LogP) is 0.917. The van der Waals surface area contributed by atoms with Gasteiger partial charge in [0.25, 0.3) is 5.91 Å². The molecule has 0 saturated carbocycles. The van der Waals surface area contributed by atoms with Gasteiger partial charge in [-0.2, -0.15) is 0 Å². The molecule has 0 aromatic heterocycles. The maximum Gasteiger partial charge on any atom is 0.306 e. The van der Waals surface area contributed by atoms with Gasteiger partial charge < -0.3 is 19.9 Å². The summed E-state index contributed by atoms with van der Waals surface area (Å²) in [5.41, 5.74) is -0.622. The molecular formula is C18H21F2N3O5. The number of hydrogen-bond donors (Lipinski definition) is 1. The van der Waals surface area contributed by atoms with Crippen LogP contribution in [0.25, 0.3) is 0 Å². The Morgan fingerprint density at radius 1 is 1.00 bits per heavy atom. The number of piperazine rings is 1. The molecule has 152 valence electrons. The number of halogens is 2. The molecule has 2 rings (SSSR count). The van der Waals surface area contributed by atoms with Crippen LogP contribution in [0.4, 0.5) is 14.5 Å². The van der Waals surface area contributed by atoms with Gasteiger partial charge in [0.1, 0.15) is 17.3 Å². The van der Waals surface area contributed by atoms with Crippen molar-refractivity contribution in [1.29, 1.82) is 0 Å². The van der Waals surface area contributed by atoms with E-state index >= 15 is 0 Å². The van der Waals surface area contributed by atoms with Crippen molar-refractivity contribution in [2.45, 2.75) is 19.8 Å². The number of para-hydroxylation sites is 1. The molecule has 1 saturated heterocycles. The summed E-state index contributed by atoms with van der Waals surface area (Å²) >= 11 is 0. The fourth-order valence-electron chi connectivity index (χ4n) is 2.65. The Bertz CT molecular complexity index is 743. The van der Waals surface area contributed by atoms with E-state index in [1.807, 2.05) is 5.32 Å². The number of esters is 1. The minimum atomic E-state index is -0.949. The second-order valence-corrected chi connectivity index (χ2v) is 6.19. The molecule has 0 aliphatic carbocycles. The van der Waals surface area contributed by atoms with E-state index in [4.69, 9.17) is 4.74 Å². The SMILES string of the molecule is CC(=O)N1CCN(C(=O)CCC(=O)OCC(=O)Nc2c(F)cccc2F)CC1. The zero-order valence-corrected chi connectivity index (χ0v) is 15.4. The minimum absolute atomic E-state index is 0.0516. The standard InChI is InChI=1S/C18H21F2N3O5/c1-12(24)22-7-9-23(10-8-22)16(26)5-6-17(27)28-11-15(25)21-18-13(19)3-2-4-14(18)20/h2-4H,5-11H2,1H3,(H,21,25). The normalized spacial score (nSPS) is 13.8. The first-order valence-electron chi connectivity index (χ1n) is 8.70. The first-order valence-corrected chi connectivity index (χ1v) is 8.70. The molecule has 0 radical (unpaired) electrons. The summed E-state index contributed by atoms with van der Waals surface area (Å²) in [6, 6.07) is 3.11. The van der Waals surface area contributed by atoms with E-state index in [9.17, 15) is 28.0 Å². The highest BCUT2D eigenvalue weighted by atomic mass is 19.1. The van der Waals surface area contributed by atoms with Crippen LogP contribution in [-0.4, -0.2) is 66.3 Å². The lowest BCUT2D eigenvalue weighted by Gasteiger charge is -2.34. The van der Waals surface area contributed by atoms with Crippen LogP contribution in [0.15, 0.2) is 18.2 Å². The average Bonchev–Trinajstić information content (AvgIpc) is 2.67. The molecule has 8 nitrogen and oxygen atoms in total. The van der Waals surface area contributed by atoms with Crippen molar-refractivity contribution in [1.82, 2.24) is 9.80 Å². The van der Waals surface area contributed by atoms with Gasteiger partial charge in [-0.1, -0.05) is 6.07 Å². The lowest BCUT2D eigenvalue weighted by atomic mass is 10.2. The molecule has 0 spiro atoms. The highest BCUT2D eigenvalue weighted by Gasteiger charge is 2.23. The smallest absolute Gasteiger partial charge is 0.306 e. The number of nitrogens with zero attached hydrogens (tertiary/aromatic N) is 2. The van der Waals surface area contributed by atoms with Crippen molar-refractivity contribution in [3.63, 3.8) is 0 Å². The predicted molar refractivity (Wildman–Crippen MR) is 94.0 cm³/mol. The topological polar surface area (TPSA) is 96.0 Å². The molecule has 28 heavy (non-hydrogen) atoms. The molecular weight excluding hydrogens is 376 g/mol. The third-order valence-electron chi connectivity index (χ3n) is 4.21. The Balaban J connectivity index is 1.69. The maximum atomic E-state index is 13.4. The third kappa shape index (κ3) is 6.00. The molecule has 0 atom stereocenters. The zero-order valence-electron chi connectivity index (χ0n) is 15.4. The van der Waals surface area contributed by atoms with Gasteiger partial charge in [-0.3, -0.25) is 19.2 Å². The van der Waals surface area contributed by atoms with Crippen molar-refractivity contribution in [3.05, 3.63) is 29.8 Å². The number of rotatable bonds is 6. The Kier molecular flexibility index (Phi) is 7.42. The lowest BCUT2D eigenvalue weighted by molar-refractivity contribution is -0.149. The summed E-state index contributed by atoms with van der Waals surface area (Å²) < 4.78 is 31.6. The van der Waals surface area contributed by atoms with Crippen LogP contribution in [0.1, 0.15) is 19.8 Å². The summed E-state index contributed by atoms with van der Waals surface area (Å²) in [5, 5.41) is 1.99. The average molecular weight is 397 g/mol. The van der Waals surface area contributed by atoms with E-state index in [0.717, 1.165) is 18.2 Å². The summed E-state index contributed by atoms with van der Waals surface area (Å²) in [6.07, 6.45) is -0.324. The van der Waals surface area contributed by atoms with Gasteiger partial charge in [0.05, 0.1) is 6.42 Å². The highest BCUT2D eigenvalue weighted by molar-refractivity contribution is 5.93. The summed E-state index contributed by atoms with van der Waals surface area (Å²) in [6.45, 7) is 2.41. The van der Waals surface area contributed by atoms with Gasteiger partial charge >= 0.3 is 5.97 Å². The molecule has 0 bridgehead atoms. The van der Waals surface area contributed by atoms with E-state index < -0.39 is 35.8 Å². The maximum absolute atomic E-state index is 13.4. The second-order valence-electron chi connectivity index (χ2n) is 6.19. The third-order valence-corrected chi connectivity index (χ3v) is 4.21. The van der Waals surface area contributed by atoms with Gasteiger partial charge in [-0.25, -0.2) is 8.78 Å². The Hall–Kier alpha value is -3.04. The molecule has 3 amide bonds. The summed E-state index contributed by atoms with van der Waals surface area (Å²) in [5.74, 6) is -3.88. The van der Waals surface area contributed by atoms with Gasteiger partial charge in [-0.05, 0) is 12.1 Å². The Morgan fingerprint density at radius 3 is 2.14 bits per heavy atom. The summed E-state index contributed by atoms with van der Waals surface area (Å²) in [4.78, 5) is 49.9. The van der Waals surface area contributed by atoms with E-state index in [1.54, 1.807) is 9.80 Å². The second kappa shape index (κ2) is 9.77. The van der Waals surface area contributed by atoms with Crippen molar-refractivity contribution in [3.8, 4) is 0 Å². The molecule has 10 heteroatoms. The fourth-order valence-corrected chi connectivity index (χ4v) is 2.65. The lowest BCUT2D eigenvalue weighted by Crippen LogP contribution is -2.50. The highest BCUT2D eigenvalue weighted by Crippen LogP contribution is 2.17. The summed E-state index contributed by atoms with van der Waals surface area (Å²) in [7, 11) is 0. The van der Waals surface area contributed by atoms with Gasteiger partial charge in [0, 0.05) is 39.5 Å². The van der Waals surface area contributed by atoms with Crippen LogP contribution in [-0.2, 0) is 23.9 Å². The number of benzene rings is 1. The van der Waals surface area contributed by atoms with Crippen LogP contribution >= 0.6 is 0 Å². The van der Waals surface area contributed by atoms with Gasteiger partial charge in [0.15, 0.2) is 6.61 Å². The number of amides is 3. The van der Waals surface area contributed by atoms with Crippen LogP contribution < -0.4 is 5.32 Å². The van der Waals surface area contributed by atoms with Crippen molar-refractivity contribution in [2.75, 3.05) is 38.1 Å². The first kappa shape index (κ1) is 21.3. The quantitative estimate of drug-likeness (QED) is 0.720. The van der Waals surface area contributed by atoms with Crippen molar-refractivity contribution < 1.29 is 32.7 Å². The van der Waals surface area contributed by atoms with Crippen LogP contribution in [0.2, 0.25) is 0 Å². The fraction of sp³-hybridized carbons (Fsp3) is 0.444. The molecule has 1 aromatic rings. The molecule has 1 fully saturated rings. The molecule has 1 aromatic carbocycles. The number of ether oxygens (including phenoxy) is 1. The monoisotopic (exact) mass is 397 g/mol. The molecule has 1 aliphatic rings. The minimum Gasteiger partial charge on any atom is -0.456 e. The Morgan fingerprint density at radius 2 is 1.57 bits per heavy atom. The van der Waals surface area contributed by atoms with Crippen molar-refractivity contribution in [2.24, 2.45) is 0 Å². The van der Waals surface area contributed by atoms with E-state index in [1.165, 1.54) is 6.92 Å². The first-order chi connectivity index (χ1) is 13.3. The van der Waals surface area contributed by atoms with E-state index in [0.29, 0.717) is 26.2 Å². The van der Waals surface area contributed by atoms with Crippen LogP contribution in [0.3, 0.4) is 0 Å². The van der Waals surface area contributed by atoms with Crippen LogP contribution in [0.5, 0.6) is 0 Å².